The normalized spacial score (nSPS) is 20.9. The van der Waals surface area contributed by atoms with Crippen LogP contribution in [0.2, 0.25) is 0 Å². The molecule has 1 N–H and O–H groups in total. The number of carboxylic acids is 1. The Morgan fingerprint density at radius 2 is 2.11 bits per heavy atom. The molecule has 0 aromatic heterocycles. The third kappa shape index (κ3) is 2.01. The molecule has 19 heavy (non-hydrogen) atoms. The number of anilines is 1. The van der Waals surface area contributed by atoms with Gasteiger partial charge in [-0.3, -0.25) is 9.79 Å². The minimum Gasteiger partial charge on any atom is -0.481 e. The number of aliphatic imine (C=N–C) groups is 1. The number of hydrogen-bond donors (Lipinski definition) is 1. The molecule has 1 aromatic carbocycles. The first-order chi connectivity index (χ1) is 9.22. The number of benzene rings is 1. The minimum atomic E-state index is -0.683. The van der Waals surface area contributed by atoms with Gasteiger partial charge in [-0.25, -0.2) is 0 Å². The van der Waals surface area contributed by atoms with E-state index in [1.54, 1.807) is 0 Å². The Labute approximate surface area is 112 Å². The third-order valence-corrected chi connectivity index (χ3v) is 4.29. The van der Waals surface area contributed by atoms with Crippen LogP contribution in [0, 0.1) is 0 Å². The van der Waals surface area contributed by atoms with E-state index in [2.05, 4.69) is 9.89 Å². The predicted molar refractivity (Wildman–Crippen MR) is 74.9 cm³/mol. The molecule has 1 aliphatic heterocycles. The summed E-state index contributed by atoms with van der Waals surface area (Å²) in [5.41, 5.74) is 1.31. The SMILES string of the molecule is O=C(O)C1(c2cccc(N3C=NCC3)c2)CCCC1. The van der Waals surface area contributed by atoms with E-state index < -0.39 is 11.4 Å². The Kier molecular flexibility index (Phi) is 3.01. The van der Waals surface area contributed by atoms with Crippen molar-refractivity contribution in [2.45, 2.75) is 31.1 Å². The van der Waals surface area contributed by atoms with Gasteiger partial charge in [0.25, 0.3) is 0 Å². The second-order valence-corrected chi connectivity index (χ2v) is 5.36. The molecule has 0 radical (unpaired) electrons. The zero-order chi connectivity index (χ0) is 13.3. The van der Waals surface area contributed by atoms with Crippen LogP contribution in [-0.4, -0.2) is 30.5 Å². The van der Waals surface area contributed by atoms with Crippen molar-refractivity contribution in [2.24, 2.45) is 4.99 Å². The third-order valence-electron chi connectivity index (χ3n) is 4.29. The van der Waals surface area contributed by atoms with Crippen molar-refractivity contribution < 1.29 is 9.90 Å². The second-order valence-electron chi connectivity index (χ2n) is 5.36. The summed E-state index contributed by atoms with van der Waals surface area (Å²) in [6.07, 6.45) is 5.34. The molecule has 1 aliphatic carbocycles. The lowest BCUT2D eigenvalue weighted by Crippen LogP contribution is -2.32. The Balaban J connectivity index is 1.98. The topological polar surface area (TPSA) is 52.9 Å². The number of carbonyl (C=O) groups is 1. The van der Waals surface area contributed by atoms with Gasteiger partial charge in [-0.15, -0.1) is 0 Å². The Morgan fingerprint density at radius 3 is 2.74 bits per heavy atom. The molecule has 0 bridgehead atoms. The van der Waals surface area contributed by atoms with Crippen molar-refractivity contribution in [3.63, 3.8) is 0 Å². The monoisotopic (exact) mass is 258 g/mol. The van der Waals surface area contributed by atoms with Gasteiger partial charge in [0.2, 0.25) is 0 Å². The average Bonchev–Trinajstić information content (AvgIpc) is 3.11. The van der Waals surface area contributed by atoms with Crippen LogP contribution in [0.5, 0.6) is 0 Å². The van der Waals surface area contributed by atoms with Gasteiger partial charge >= 0.3 is 5.97 Å². The number of rotatable bonds is 3. The lowest BCUT2D eigenvalue weighted by atomic mass is 9.79. The molecule has 0 atom stereocenters. The lowest BCUT2D eigenvalue weighted by Gasteiger charge is -2.26. The van der Waals surface area contributed by atoms with E-state index in [9.17, 15) is 9.90 Å². The second kappa shape index (κ2) is 4.68. The van der Waals surface area contributed by atoms with Crippen molar-refractivity contribution in [1.82, 2.24) is 0 Å². The summed E-state index contributed by atoms with van der Waals surface area (Å²) < 4.78 is 0. The summed E-state index contributed by atoms with van der Waals surface area (Å²) >= 11 is 0. The molecule has 1 fully saturated rings. The maximum atomic E-state index is 11.7. The van der Waals surface area contributed by atoms with Crippen LogP contribution in [0.25, 0.3) is 0 Å². The number of nitrogens with zero attached hydrogens (tertiary/aromatic N) is 2. The van der Waals surface area contributed by atoms with Crippen LogP contribution < -0.4 is 4.90 Å². The van der Waals surface area contributed by atoms with E-state index in [-0.39, 0.29) is 0 Å². The molecule has 0 unspecified atom stereocenters. The number of carboxylic acid groups (broad SMARTS) is 1. The largest absolute Gasteiger partial charge is 0.481 e. The zero-order valence-electron chi connectivity index (χ0n) is 10.9. The van der Waals surface area contributed by atoms with E-state index in [0.29, 0.717) is 0 Å². The Bertz CT molecular complexity index is 519. The van der Waals surface area contributed by atoms with Crippen LogP contribution in [0.15, 0.2) is 29.3 Å². The maximum absolute atomic E-state index is 11.7. The molecule has 0 saturated heterocycles. The Hall–Kier alpha value is -1.84. The van der Waals surface area contributed by atoms with Crippen molar-refractivity contribution in [3.05, 3.63) is 29.8 Å². The van der Waals surface area contributed by atoms with Gasteiger partial charge in [0.1, 0.15) is 0 Å². The smallest absolute Gasteiger partial charge is 0.314 e. The van der Waals surface area contributed by atoms with Crippen molar-refractivity contribution >= 4 is 18.0 Å². The molecule has 0 spiro atoms. The van der Waals surface area contributed by atoms with Crippen LogP contribution in [-0.2, 0) is 10.2 Å². The molecule has 1 saturated carbocycles. The quantitative estimate of drug-likeness (QED) is 0.906. The molecule has 4 nitrogen and oxygen atoms in total. The van der Waals surface area contributed by atoms with E-state index in [0.717, 1.165) is 50.0 Å². The molecule has 100 valence electrons. The van der Waals surface area contributed by atoms with Crippen LogP contribution in [0.1, 0.15) is 31.2 Å². The zero-order valence-corrected chi connectivity index (χ0v) is 10.9. The lowest BCUT2D eigenvalue weighted by molar-refractivity contribution is -0.143. The van der Waals surface area contributed by atoms with Gasteiger partial charge in [0.15, 0.2) is 0 Å². The first kappa shape index (κ1) is 12.2. The predicted octanol–water partition coefficient (Wildman–Crippen LogP) is 2.43. The molecule has 2 aliphatic rings. The summed E-state index contributed by atoms with van der Waals surface area (Å²) in [7, 11) is 0. The summed E-state index contributed by atoms with van der Waals surface area (Å²) in [6, 6.07) is 7.96. The highest BCUT2D eigenvalue weighted by Crippen LogP contribution is 2.42. The van der Waals surface area contributed by atoms with Gasteiger partial charge in [-0.05, 0) is 30.5 Å². The molecular weight excluding hydrogens is 240 g/mol. The molecule has 4 heteroatoms. The van der Waals surface area contributed by atoms with Crippen LogP contribution in [0.4, 0.5) is 5.69 Å². The fraction of sp³-hybridized carbons (Fsp3) is 0.467. The minimum absolute atomic E-state index is 0.674. The Morgan fingerprint density at radius 1 is 1.32 bits per heavy atom. The van der Waals surface area contributed by atoms with E-state index in [1.807, 2.05) is 30.6 Å². The van der Waals surface area contributed by atoms with Gasteiger partial charge in [0.05, 0.1) is 18.3 Å². The highest BCUT2D eigenvalue weighted by atomic mass is 16.4. The van der Waals surface area contributed by atoms with Gasteiger partial charge < -0.3 is 10.0 Å². The van der Waals surface area contributed by atoms with E-state index in [1.165, 1.54) is 0 Å². The van der Waals surface area contributed by atoms with E-state index >= 15 is 0 Å². The fourth-order valence-corrected chi connectivity index (χ4v) is 3.16. The fourth-order valence-electron chi connectivity index (χ4n) is 3.16. The summed E-state index contributed by atoms with van der Waals surface area (Å²) in [6.45, 7) is 1.69. The maximum Gasteiger partial charge on any atom is 0.314 e. The van der Waals surface area contributed by atoms with Crippen molar-refractivity contribution in [3.8, 4) is 0 Å². The first-order valence-electron chi connectivity index (χ1n) is 6.83. The molecule has 1 heterocycles. The standard InChI is InChI=1S/C15H18N2O2/c18-14(19)15(6-1-2-7-15)12-4-3-5-13(10-12)17-9-8-16-11-17/h3-5,10-11H,1-2,6-9H2,(H,18,19). The molecular formula is C15H18N2O2. The highest BCUT2D eigenvalue weighted by Gasteiger charge is 2.43. The summed E-state index contributed by atoms with van der Waals surface area (Å²) in [4.78, 5) is 18.0. The highest BCUT2D eigenvalue weighted by molar-refractivity contribution is 5.84. The van der Waals surface area contributed by atoms with Crippen LogP contribution in [0.3, 0.4) is 0 Å². The van der Waals surface area contributed by atoms with Gasteiger partial charge in [0, 0.05) is 12.2 Å². The summed E-state index contributed by atoms with van der Waals surface area (Å²) in [5, 5.41) is 9.63. The molecule has 0 amide bonds. The van der Waals surface area contributed by atoms with Gasteiger partial charge in [-0.2, -0.15) is 0 Å². The number of aliphatic carboxylic acids is 1. The molecule has 1 aromatic rings. The van der Waals surface area contributed by atoms with E-state index in [4.69, 9.17) is 0 Å². The first-order valence-corrected chi connectivity index (χ1v) is 6.83. The summed E-state index contributed by atoms with van der Waals surface area (Å²) in [5.74, 6) is -0.683. The van der Waals surface area contributed by atoms with Crippen LogP contribution >= 0.6 is 0 Å². The van der Waals surface area contributed by atoms with Gasteiger partial charge in [-0.1, -0.05) is 25.0 Å². The average molecular weight is 258 g/mol. The molecule has 3 rings (SSSR count). The number of hydrogen-bond acceptors (Lipinski definition) is 3. The van der Waals surface area contributed by atoms with Crippen molar-refractivity contribution in [1.29, 1.82) is 0 Å². The van der Waals surface area contributed by atoms with Crippen molar-refractivity contribution in [2.75, 3.05) is 18.0 Å².